The molecule has 4 heteroatoms. The fourth-order valence-corrected chi connectivity index (χ4v) is 2.32. The third-order valence-electron chi connectivity index (χ3n) is 2.06. The lowest BCUT2D eigenvalue weighted by Crippen LogP contribution is -1.70. The number of azide groups is 1. The molecule has 0 amide bonds. The van der Waals surface area contributed by atoms with Crippen LogP contribution in [0.4, 0.5) is 0 Å². The predicted molar refractivity (Wildman–Crippen MR) is 64.9 cm³/mol. The van der Waals surface area contributed by atoms with Crippen molar-refractivity contribution in [3.05, 3.63) is 51.7 Å². The van der Waals surface area contributed by atoms with E-state index in [2.05, 4.69) is 27.5 Å². The van der Waals surface area contributed by atoms with Crippen LogP contribution in [-0.2, 0) is 0 Å². The van der Waals surface area contributed by atoms with E-state index in [1.165, 1.54) is 15.6 Å². The molecule has 3 nitrogen and oxygen atoms in total. The van der Waals surface area contributed by atoms with E-state index in [1.54, 1.807) is 11.3 Å². The summed E-state index contributed by atoms with van der Waals surface area (Å²) in [5, 5.41) is 6.81. The van der Waals surface area contributed by atoms with Gasteiger partial charge in [0.2, 0.25) is 0 Å². The highest BCUT2D eigenvalue weighted by atomic mass is 32.1. The second-order valence-corrected chi connectivity index (χ2v) is 3.91. The molecule has 15 heavy (non-hydrogen) atoms. The Morgan fingerprint density at radius 2 is 2.27 bits per heavy atom. The van der Waals surface area contributed by atoms with Gasteiger partial charge in [0.1, 0.15) is 0 Å². The van der Waals surface area contributed by atoms with Crippen LogP contribution in [0.3, 0.4) is 0 Å². The molecule has 0 N–H and O–H groups in total. The maximum Gasteiger partial charge on any atom is 0.0443 e. The Balaban J connectivity index is 2.28. The molecular weight excluding hydrogens is 206 g/mol. The molecule has 0 saturated carbocycles. The van der Waals surface area contributed by atoms with E-state index in [-0.39, 0.29) is 0 Å². The summed E-state index contributed by atoms with van der Waals surface area (Å²) in [6, 6.07) is 8.26. The number of fused-ring (bicyclic) bond motifs is 1. The van der Waals surface area contributed by atoms with Gasteiger partial charge >= 0.3 is 0 Å². The van der Waals surface area contributed by atoms with Gasteiger partial charge in [-0.3, -0.25) is 0 Å². The van der Waals surface area contributed by atoms with Gasteiger partial charge in [-0.15, -0.1) is 11.3 Å². The van der Waals surface area contributed by atoms with Gasteiger partial charge in [-0.1, -0.05) is 35.5 Å². The molecule has 0 atom stereocenters. The summed E-state index contributed by atoms with van der Waals surface area (Å²) in [5.41, 5.74) is 9.31. The molecule has 0 aliphatic rings. The van der Waals surface area contributed by atoms with Crippen molar-refractivity contribution in [1.82, 2.24) is 0 Å². The molecule has 2 aromatic rings. The highest BCUT2D eigenvalue weighted by Crippen LogP contribution is 2.26. The Hall–Kier alpha value is -1.77. The summed E-state index contributed by atoms with van der Waals surface area (Å²) in [4.78, 5) is 2.69. The minimum Gasteiger partial charge on any atom is -0.143 e. The first kappa shape index (κ1) is 9.77. The van der Waals surface area contributed by atoms with Crippen LogP contribution < -0.4 is 0 Å². The fourth-order valence-electron chi connectivity index (χ4n) is 1.39. The zero-order valence-electron chi connectivity index (χ0n) is 8.00. The monoisotopic (exact) mass is 215 g/mol. The SMILES string of the molecule is [N-]=[N+]=NCC=Cc1csc2ccccc12. The lowest BCUT2D eigenvalue weighted by atomic mass is 10.2. The van der Waals surface area contributed by atoms with Crippen LogP contribution in [0, 0.1) is 0 Å². The van der Waals surface area contributed by atoms with Crippen LogP contribution >= 0.6 is 11.3 Å². The largest absolute Gasteiger partial charge is 0.143 e. The molecule has 1 aromatic carbocycles. The minimum absolute atomic E-state index is 0.403. The first-order valence-corrected chi connectivity index (χ1v) is 5.43. The number of thiophene rings is 1. The third-order valence-corrected chi connectivity index (χ3v) is 3.04. The van der Waals surface area contributed by atoms with Crippen molar-refractivity contribution in [2.75, 3.05) is 6.54 Å². The van der Waals surface area contributed by atoms with Gasteiger partial charge < -0.3 is 0 Å². The van der Waals surface area contributed by atoms with Crippen LogP contribution in [-0.4, -0.2) is 6.54 Å². The van der Waals surface area contributed by atoms with Crippen LogP contribution in [0.1, 0.15) is 5.56 Å². The minimum atomic E-state index is 0.403. The Morgan fingerprint density at radius 1 is 1.40 bits per heavy atom. The highest BCUT2D eigenvalue weighted by molar-refractivity contribution is 7.17. The molecule has 74 valence electrons. The second-order valence-electron chi connectivity index (χ2n) is 3.00. The van der Waals surface area contributed by atoms with Gasteiger partial charge in [-0.2, -0.15) is 0 Å². The smallest absolute Gasteiger partial charge is 0.0443 e. The van der Waals surface area contributed by atoms with Crippen molar-refractivity contribution < 1.29 is 0 Å². The van der Waals surface area contributed by atoms with Crippen LogP contribution in [0.2, 0.25) is 0 Å². The van der Waals surface area contributed by atoms with Crippen molar-refractivity contribution in [2.24, 2.45) is 5.11 Å². The van der Waals surface area contributed by atoms with E-state index in [0.717, 1.165) is 0 Å². The van der Waals surface area contributed by atoms with E-state index < -0.39 is 0 Å². The Labute approximate surface area is 91.3 Å². The van der Waals surface area contributed by atoms with Crippen molar-refractivity contribution >= 4 is 27.5 Å². The summed E-state index contributed by atoms with van der Waals surface area (Å²) < 4.78 is 1.28. The molecule has 0 aliphatic heterocycles. The maximum atomic E-state index is 8.12. The zero-order valence-corrected chi connectivity index (χ0v) is 8.81. The van der Waals surface area contributed by atoms with E-state index in [0.29, 0.717) is 6.54 Å². The van der Waals surface area contributed by atoms with Crippen molar-refractivity contribution in [1.29, 1.82) is 0 Å². The average molecular weight is 215 g/mol. The van der Waals surface area contributed by atoms with Crippen molar-refractivity contribution in [3.8, 4) is 0 Å². The number of nitrogens with zero attached hydrogens (tertiary/aromatic N) is 3. The number of benzene rings is 1. The van der Waals surface area contributed by atoms with Crippen LogP contribution in [0.25, 0.3) is 26.6 Å². The first-order valence-electron chi connectivity index (χ1n) is 4.55. The molecule has 0 aliphatic carbocycles. The topological polar surface area (TPSA) is 48.8 Å². The summed E-state index contributed by atoms with van der Waals surface area (Å²) >= 11 is 1.72. The van der Waals surface area contributed by atoms with E-state index in [9.17, 15) is 0 Å². The normalized spacial score (nSPS) is 10.7. The summed E-state index contributed by atoms with van der Waals surface area (Å²) in [7, 11) is 0. The molecule has 1 aromatic heterocycles. The fraction of sp³-hybridized carbons (Fsp3) is 0.0909. The standard InChI is InChI=1S/C11H9N3S/c12-14-13-7-3-4-9-8-15-11-6-2-1-5-10(9)11/h1-6,8H,7H2. The quantitative estimate of drug-likeness (QED) is 0.418. The van der Waals surface area contributed by atoms with Gasteiger partial charge in [0.15, 0.2) is 0 Å². The van der Waals surface area contributed by atoms with Crippen molar-refractivity contribution in [3.63, 3.8) is 0 Å². The van der Waals surface area contributed by atoms with Gasteiger partial charge in [0.05, 0.1) is 0 Å². The second kappa shape index (κ2) is 4.64. The summed E-state index contributed by atoms with van der Waals surface area (Å²) in [6.45, 7) is 0.403. The first-order chi connectivity index (χ1) is 7.42. The van der Waals surface area contributed by atoms with Gasteiger partial charge in [-0.25, -0.2) is 0 Å². The van der Waals surface area contributed by atoms with Crippen LogP contribution in [0.5, 0.6) is 0 Å². The Bertz CT molecular complexity index is 536. The lowest BCUT2D eigenvalue weighted by molar-refractivity contribution is 1.22. The Morgan fingerprint density at radius 3 is 3.13 bits per heavy atom. The number of rotatable bonds is 3. The third kappa shape index (κ3) is 2.18. The lowest BCUT2D eigenvalue weighted by Gasteiger charge is -1.89. The molecule has 1 heterocycles. The average Bonchev–Trinajstić information content (AvgIpc) is 2.68. The molecule has 0 fully saturated rings. The van der Waals surface area contributed by atoms with E-state index >= 15 is 0 Å². The molecule has 0 radical (unpaired) electrons. The molecule has 0 spiro atoms. The molecule has 2 rings (SSSR count). The van der Waals surface area contributed by atoms with Gasteiger partial charge in [0.25, 0.3) is 0 Å². The highest BCUT2D eigenvalue weighted by Gasteiger charge is 1.98. The molecular formula is C11H9N3S. The van der Waals surface area contributed by atoms with Gasteiger partial charge in [0, 0.05) is 16.2 Å². The summed E-state index contributed by atoms with van der Waals surface area (Å²) in [5.74, 6) is 0. The maximum absolute atomic E-state index is 8.12. The molecule has 0 unspecified atom stereocenters. The predicted octanol–water partition coefficient (Wildman–Crippen LogP) is 4.22. The molecule has 0 bridgehead atoms. The Kier molecular flexibility index (Phi) is 3.02. The number of hydrogen-bond donors (Lipinski definition) is 0. The number of hydrogen-bond acceptors (Lipinski definition) is 2. The van der Waals surface area contributed by atoms with Crippen molar-refractivity contribution in [2.45, 2.75) is 0 Å². The zero-order chi connectivity index (χ0) is 10.5. The van der Waals surface area contributed by atoms with Crippen LogP contribution in [0.15, 0.2) is 40.8 Å². The van der Waals surface area contributed by atoms with E-state index in [4.69, 9.17) is 5.53 Å². The molecule has 0 saturated heterocycles. The summed E-state index contributed by atoms with van der Waals surface area (Å²) in [6.07, 6.45) is 3.86. The van der Waals surface area contributed by atoms with Gasteiger partial charge in [-0.05, 0) is 27.9 Å². The van der Waals surface area contributed by atoms with E-state index in [1.807, 2.05) is 24.3 Å².